The van der Waals surface area contributed by atoms with Crippen molar-refractivity contribution in [1.29, 1.82) is 0 Å². The molecule has 0 spiro atoms. The monoisotopic (exact) mass is 404 g/mol. The molecule has 2 aromatic rings. The highest BCUT2D eigenvalue weighted by molar-refractivity contribution is 6.30. The summed E-state index contributed by atoms with van der Waals surface area (Å²) in [5, 5.41) is 3.65. The van der Waals surface area contributed by atoms with Gasteiger partial charge < -0.3 is 19.5 Å². The Morgan fingerprint density at radius 2 is 2.04 bits per heavy atom. The van der Waals surface area contributed by atoms with Crippen LogP contribution in [0.3, 0.4) is 0 Å². The predicted molar refractivity (Wildman–Crippen MR) is 107 cm³/mol. The molecule has 3 rings (SSSR count). The van der Waals surface area contributed by atoms with Crippen molar-refractivity contribution < 1.29 is 18.9 Å². The van der Waals surface area contributed by atoms with Crippen molar-refractivity contribution in [2.75, 3.05) is 33.7 Å². The maximum Gasteiger partial charge on any atom is 0.253 e. The molecule has 0 saturated carbocycles. The fourth-order valence-electron chi connectivity index (χ4n) is 3.58. The number of likely N-dealkylation sites (N-methyl/N-ethyl adjacent to an activating group) is 1. The molecule has 28 heavy (non-hydrogen) atoms. The Bertz CT molecular complexity index is 790. The zero-order valence-electron chi connectivity index (χ0n) is 16.3. The van der Waals surface area contributed by atoms with Gasteiger partial charge in [0, 0.05) is 23.7 Å². The van der Waals surface area contributed by atoms with Crippen LogP contribution in [0.15, 0.2) is 47.1 Å². The number of furan rings is 1. The van der Waals surface area contributed by atoms with Gasteiger partial charge in [0.2, 0.25) is 5.91 Å². The Hall–Kier alpha value is -2.31. The molecule has 6 nitrogen and oxygen atoms in total. The number of hydrogen-bond acceptors (Lipinski definition) is 3. The Balaban J connectivity index is 1.58. The van der Waals surface area contributed by atoms with E-state index in [4.69, 9.17) is 16.0 Å². The van der Waals surface area contributed by atoms with Crippen LogP contribution in [0.4, 0.5) is 0 Å². The molecule has 0 aliphatic carbocycles. The Morgan fingerprint density at radius 3 is 2.68 bits per heavy atom. The van der Waals surface area contributed by atoms with E-state index in [1.807, 2.05) is 26.2 Å². The van der Waals surface area contributed by atoms with Crippen molar-refractivity contribution in [3.63, 3.8) is 0 Å². The molecule has 2 heterocycles. The Morgan fingerprint density at radius 1 is 1.29 bits per heavy atom. The van der Waals surface area contributed by atoms with Gasteiger partial charge in [-0.2, -0.15) is 0 Å². The van der Waals surface area contributed by atoms with Gasteiger partial charge in [0.25, 0.3) is 5.91 Å². The van der Waals surface area contributed by atoms with Gasteiger partial charge in [0.1, 0.15) is 0 Å². The minimum Gasteiger partial charge on any atom is -0.463 e. The summed E-state index contributed by atoms with van der Waals surface area (Å²) in [6.45, 7) is 1.60. The van der Waals surface area contributed by atoms with Crippen molar-refractivity contribution >= 4 is 23.4 Å². The fraction of sp³-hybridized carbons (Fsp3) is 0.429. The van der Waals surface area contributed by atoms with E-state index in [1.165, 1.54) is 4.90 Å². The SMILES string of the molecule is C[NH+](C)[C@H](CNC(=O)[C@@H]1CCCN(C(=O)c2ccc(Cl)cc2)C1)c1ccco1. The Labute approximate surface area is 170 Å². The molecule has 2 amide bonds. The first kappa shape index (κ1) is 20.4. The number of likely N-dealkylation sites (tertiary alicyclic amines) is 1. The fourth-order valence-corrected chi connectivity index (χ4v) is 3.70. The summed E-state index contributed by atoms with van der Waals surface area (Å²) >= 11 is 5.90. The summed E-state index contributed by atoms with van der Waals surface area (Å²) in [4.78, 5) is 28.4. The number of piperidine rings is 1. The van der Waals surface area contributed by atoms with Crippen molar-refractivity contribution in [2.45, 2.75) is 18.9 Å². The van der Waals surface area contributed by atoms with Gasteiger partial charge in [-0.05, 0) is 49.2 Å². The first-order chi connectivity index (χ1) is 13.5. The summed E-state index contributed by atoms with van der Waals surface area (Å²) in [7, 11) is 4.07. The van der Waals surface area contributed by atoms with Crippen LogP contribution in [0, 0.1) is 5.92 Å². The highest BCUT2D eigenvalue weighted by Crippen LogP contribution is 2.20. The van der Waals surface area contributed by atoms with Crippen molar-refractivity contribution in [3.05, 3.63) is 59.0 Å². The molecule has 1 aliphatic heterocycles. The first-order valence-electron chi connectivity index (χ1n) is 9.61. The molecule has 1 fully saturated rings. The lowest BCUT2D eigenvalue weighted by atomic mass is 9.96. The largest absolute Gasteiger partial charge is 0.463 e. The number of benzene rings is 1. The zero-order valence-corrected chi connectivity index (χ0v) is 17.0. The minimum absolute atomic E-state index is 0.00795. The van der Waals surface area contributed by atoms with Gasteiger partial charge >= 0.3 is 0 Å². The average Bonchev–Trinajstić information content (AvgIpc) is 3.22. The summed E-state index contributed by atoms with van der Waals surface area (Å²) in [6, 6.07) is 10.7. The van der Waals surface area contributed by atoms with Crippen LogP contribution in [-0.4, -0.2) is 50.4 Å². The molecule has 1 aromatic carbocycles. The second-order valence-electron chi connectivity index (χ2n) is 7.49. The summed E-state index contributed by atoms with van der Waals surface area (Å²) in [5.74, 6) is 0.592. The van der Waals surface area contributed by atoms with Crippen LogP contribution in [0.2, 0.25) is 5.02 Å². The third-order valence-electron chi connectivity index (χ3n) is 5.23. The number of amides is 2. The van der Waals surface area contributed by atoms with E-state index >= 15 is 0 Å². The van der Waals surface area contributed by atoms with Crippen LogP contribution >= 0.6 is 11.6 Å². The average molecular weight is 405 g/mol. The summed E-state index contributed by atoms with van der Waals surface area (Å²) in [5.41, 5.74) is 0.597. The van der Waals surface area contributed by atoms with Crippen LogP contribution in [-0.2, 0) is 4.79 Å². The molecule has 2 atom stereocenters. The zero-order chi connectivity index (χ0) is 20.1. The lowest BCUT2D eigenvalue weighted by Gasteiger charge is -2.32. The van der Waals surface area contributed by atoms with E-state index in [2.05, 4.69) is 5.32 Å². The normalized spacial score (nSPS) is 18.1. The molecule has 0 radical (unpaired) electrons. The smallest absolute Gasteiger partial charge is 0.253 e. The van der Waals surface area contributed by atoms with Crippen LogP contribution < -0.4 is 10.2 Å². The van der Waals surface area contributed by atoms with Crippen LogP contribution in [0.1, 0.15) is 35.0 Å². The molecule has 150 valence electrons. The lowest BCUT2D eigenvalue weighted by Crippen LogP contribution is -3.07. The van der Waals surface area contributed by atoms with Gasteiger partial charge in [-0.1, -0.05) is 11.6 Å². The first-order valence-corrected chi connectivity index (χ1v) is 9.99. The van der Waals surface area contributed by atoms with E-state index in [1.54, 1.807) is 35.4 Å². The van der Waals surface area contributed by atoms with Gasteiger partial charge in [0.15, 0.2) is 11.8 Å². The molecule has 0 bridgehead atoms. The quantitative estimate of drug-likeness (QED) is 0.771. The van der Waals surface area contributed by atoms with Crippen LogP contribution in [0.5, 0.6) is 0 Å². The van der Waals surface area contributed by atoms with Crippen molar-refractivity contribution in [2.24, 2.45) is 5.92 Å². The van der Waals surface area contributed by atoms with Crippen molar-refractivity contribution in [3.8, 4) is 0 Å². The van der Waals surface area contributed by atoms with E-state index < -0.39 is 0 Å². The van der Waals surface area contributed by atoms with Gasteiger partial charge in [-0.3, -0.25) is 9.59 Å². The molecule has 7 heteroatoms. The number of quaternary nitrogens is 1. The second-order valence-corrected chi connectivity index (χ2v) is 7.92. The third-order valence-corrected chi connectivity index (χ3v) is 5.49. The van der Waals surface area contributed by atoms with Gasteiger partial charge in [-0.25, -0.2) is 0 Å². The summed E-state index contributed by atoms with van der Waals surface area (Å²) in [6.07, 6.45) is 3.25. The van der Waals surface area contributed by atoms with Gasteiger partial charge in [0.05, 0.1) is 32.8 Å². The number of halogens is 1. The number of nitrogens with one attached hydrogen (secondary N) is 2. The van der Waals surface area contributed by atoms with Crippen molar-refractivity contribution in [1.82, 2.24) is 10.2 Å². The number of carbonyl (C=O) groups is 2. The number of rotatable bonds is 6. The number of nitrogens with zero attached hydrogens (tertiary/aromatic N) is 1. The van der Waals surface area contributed by atoms with E-state index in [9.17, 15) is 9.59 Å². The topological polar surface area (TPSA) is 67.0 Å². The van der Waals surface area contributed by atoms with Crippen LogP contribution in [0.25, 0.3) is 0 Å². The molecule has 1 saturated heterocycles. The van der Waals surface area contributed by atoms with E-state index in [-0.39, 0.29) is 23.8 Å². The maximum absolute atomic E-state index is 12.7. The lowest BCUT2D eigenvalue weighted by molar-refractivity contribution is -0.891. The van der Waals surface area contributed by atoms with E-state index in [0.29, 0.717) is 30.2 Å². The highest BCUT2D eigenvalue weighted by Gasteiger charge is 2.30. The molecular formula is C21H27ClN3O3+. The molecule has 0 unspecified atom stereocenters. The Kier molecular flexibility index (Phi) is 6.75. The standard InChI is InChI=1S/C21H26ClN3O3/c1-24(2)18(19-6-4-12-28-19)13-23-20(26)16-5-3-11-25(14-16)21(27)15-7-9-17(22)10-8-15/h4,6-10,12,16,18H,3,5,11,13-14H2,1-2H3,(H,23,26)/p+1/t16-,18-/m1/s1. The predicted octanol–water partition coefficient (Wildman–Crippen LogP) is 1.79. The molecular weight excluding hydrogens is 378 g/mol. The van der Waals surface area contributed by atoms with E-state index in [0.717, 1.165) is 18.6 Å². The number of carbonyl (C=O) groups excluding carboxylic acids is 2. The minimum atomic E-state index is -0.195. The molecule has 2 N–H and O–H groups in total. The van der Waals surface area contributed by atoms with Gasteiger partial charge in [-0.15, -0.1) is 0 Å². The molecule has 1 aliphatic rings. The maximum atomic E-state index is 12.7. The third kappa shape index (κ3) is 4.94. The number of hydrogen-bond donors (Lipinski definition) is 2. The molecule has 1 aromatic heterocycles. The second kappa shape index (κ2) is 9.26. The summed E-state index contributed by atoms with van der Waals surface area (Å²) < 4.78 is 5.51. The highest BCUT2D eigenvalue weighted by atomic mass is 35.5.